The van der Waals surface area contributed by atoms with Crippen LogP contribution in [0.15, 0.2) is 48.5 Å². The second kappa shape index (κ2) is 11.0. The van der Waals surface area contributed by atoms with Gasteiger partial charge in [-0.1, -0.05) is 49.7 Å². The molecule has 158 valence electrons. The lowest BCUT2D eigenvalue weighted by molar-refractivity contribution is 0.0313. The molecule has 2 aromatic carbocycles. The van der Waals surface area contributed by atoms with Crippen molar-refractivity contribution in [1.82, 2.24) is 4.90 Å². The molecule has 2 unspecified atom stereocenters. The Balaban J connectivity index is 1.57. The normalized spacial score (nSPS) is 17.8. The van der Waals surface area contributed by atoms with E-state index < -0.39 is 6.10 Å². The van der Waals surface area contributed by atoms with Crippen molar-refractivity contribution in [2.45, 2.75) is 51.4 Å². The van der Waals surface area contributed by atoms with Crippen molar-refractivity contribution in [3.8, 4) is 5.75 Å². The molecule has 4 nitrogen and oxygen atoms in total. The number of nitrogens with zero attached hydrogens (tertiary/aromatic N) is 1. The van der Waals surface area contributed by atoms with Gasteiger partial charge >= 0.3 is 0 Å². The Labute approximate surface area is 179 Å². The molecule has 0 aliphatic carbocycles. The van der Waals surface area contributed by atoms with E-state index in [1.54, 1.807) is 12.1 Å². The third kappa shape index (κ3) is 7.31. The zero-order valence-electron chi connectivity index (χ0n) is 17.4. The number of halogens is 1. The fraction of sp³-hybridized carbons (Fsp3) is 0.500. The van der Waals surface area contributed by atoms with E-state index in [0.29, 0.717) is 23.2 Å². The second-order valence-corrected chi connectivity index (χ2v) is 8.58. The zero-order chi connectivity index (χ0) is 20.6. The smallest absolute Gasteiger partial charge is 0.119 e. The minimum atomic E-state index is -0.581. The van der Waals surface area contributed by atoms with E-state index in [0.717, 1.165) is 32.5 Å². The summed E-state index contributed by atoms with van der Waals surface area (Å²) in [6.07, 6.45) is 1.86. The monoisotopic (exact) mass is 417 g/mol. The Morgan fingerprint density at radius 2 is 1.86 bits per heavy atom. The van der Waals surface area contributed by atoms with Gasteiger partial charge in [-0.05, 0) is 54.2 Å². The number of hydrogen-bond donors (Lipinski definition) is 1. The fourth-order valence-corrected chi connectivity index (χ4v) is 3.75. The Morgan fingerprint density at radius 3 is 2.48 bits per heavy atom. The van der Waals surface area contributed by atoms with Gasteiger partial charge in [-0.2, -0.15) is 0 Å². The van der Waals surface area contributed by atoms with Crippen LogP contribution in [0.3, 0.4) is 0 Å². The van der Waals surface area contributed by atoms with Gasteiger partial charge in [0, 0.05) is 31.3 Å². The molecule has 29 heavy (non-hydrogen) atoms. The molecular weight excluding hydrogens is 386 g/mol. The maximum Gasteiger partial charge on any atom is 0.119 e. The second-order valence-electron chi connectivity index (χ2n) is 8.14. The van der Waals surface area contributed by atoms with Gasteiger partial charge in [0.25, 0.3) is 0 Å². The summed E-state index contributed by atoms with van der Waals surface area (Å²) in [6, 6.07) is 16.0. The van der Waals surface area contributed by atoms with Crippen LogP contribution >= 0.6 is 11.6 Å². The van der Waals surface area contributed by atoms with Gasteiger partial charge in [-0.25, -0.2) is 0 Å². The topological polar surface area (TPSA) is 41.9 Å². The number of hydrogen-bond acceptors (Lipinski definition) is 4. The third-order valence-corrected chi connectivity index (χ3v) is 5.52. The molecule has 0 spiro atoms. The standard InChI is InChI=1S/C24H32ClNO3/c1-18(2)20-7-5-19(6-8-20)14-26(16-24-4-3-13-28-24)15-22(27)17-29-23-11-9-21(25)10-12-23/h5-12,18,22,24,27H,3-4,13-17H2,1-2H3. The van der Waals surface area contributed by atoms with Crippen LogP contribution in [0.25, 0.3) is 0 Å². The van der Waals surface area contributed by atoms with Crippen LogP contribution < -0.4 is 4.74 Å². The Hall–Kier alpha value is -1.59. The number of benzene rings is 2. The molecule has 0 saturated carbocycles. The zero-order valence-corrected chi connectivity index (χ0v) is 18.1. The van der Waals surface area contributed by atoms with E-state index in [2.05, 4.69) is 43.0 Å². The minimum absolute atomic E-state index is 0.245. The van der Waals surface area contributed by atoms with Gasteiger partial charge in [0.2, 0.25) is 0 Å². The molecule has 2 aromatic rings. The van der Waals surface area contributed by atoms with Crippen molar-refractivity contribution >= 4 is 11.6 Å². The molecule has 1 saturated heterocycles. The highest BCUT2D eigenvalue weighted by Gasteiger charge is 2.21. The molecule has 3 rings (SSSR count). The van der Waals surface area contributed by atoms with E-state index in [9.17, 15) is 5.11 Å². The van der Waals surface area contributed by atoms with Gasteiger partial charge in [0.05, 0.1) is 6.10 Å². The summed E-state index contributed by atoms with van der Waals surface area (Å²) in [4.78, 5) is 2.27. The number of rotatable bonds is 10. The summed E-state index contributed by atoms with van der Waals surface area (Å²) in [5, 5.41) is 11.2. The summed E-state index contributed by atoms with van der Waals surface area (Å²) < 4.78 is 11.5. The average molecular weight is 418 g/mol. The Bertz CT molecular complexity index is 727. The highest BCUT2D eigenvalue weighted by atomic mass is 35.5. The maximum absolute atomic E-state index is 10.6. The highest BCUT2D eigenvalue weighted by molar-refractivity contribution is 6.30. The molecule has 2 atom stereocenters. The number of aliphatic hydroxyl groups is 1. The maximum atomic E-state index is 10.6. The molecule has 0 aromatic heterocycles. The first-order valence-electron chi connectivity index (χ1n) is 10.5. The van der Waals surface area contributed by atoms with Crippen molar-refractivity contribution in [3.63, 3.8) is 0 Å². The van der Waals surface area contributed by atoms with E-state index in [-0.39, 0.29) is 12.7 Å². The quantitative estimate of drug-likeness (QED) is 0.598. The molecule has 0 radical (unpaired) electrons. The molecule has 1 aliphatic heterocycles. The van der Waals surface area contributed by atoms with E-state index in [1.165, 1.54) is 11.1 Å². The Kier molecular flexibility index (Phi) is 8.37. The summed E-state index contributed by atoms with van der Waals surface area (Å²) in [6.45, 7) is 7.64. The van der Waals surface area contributed by atoms with Crippen LogP contribution in [0.4, 0.5) is 0 Å². The van der Waals surface area contributed by atoms with Crippen LogP contribution in [0.5, 0.6) is 5.75 Å². The van der Waals surface area contributed by atoms with Gasteiger partial charge in [-0.3, -0.25) is 4.90 Å². The lowest BCUT2D eigenvalue weighted by atomic mass is 10.0. The van der Waals surface area contributed by atoms with E-state index >= 15 is 0 Å². The predicted molar refractivity (Wildman–Crippen MR) is 118 cm³/mol. The predicted octanol–water partition coefficient (Wildman–Crippen LogP) is 4.88. The molecule has 5 heteroatoms. The Morgan fingerprint density at radius 1 is 1.14 bits per heavy atom. The van der Waals surface area contributed by atoms with Crippen molar-refractivity contribution in [1.29, 1.82) is 0 Å². The van der Waals surface area contributed by atoms with Crippen molar-refractivity contribution in [2.75, 3.05) is 26.3 Å². The first kappa shape index (κ1) is 22.1. The van der Waals surface area contributed by atoms with E-state index in [1.807, 2.05) is 12.1 Å². The molecular formula is C24H32ClNO3. The summed E-state index contributed by atoms with van der Waals surface area (Å²) >= 11 is 5.90. The van der Waals surface area contributed by atoms with Gasteiger partial charge < -0.3 is 14.6 Å². The molecule has 0 bridgehead atoms. The minimum Gasteiger partial charge on any atom is -0.491 e. The fourth-order valence-electron chi connectivity index (χ4n) is 3.62. The van der Waals surface area contributed by atoms with Crippen LogP contribution in [0.1, 0.15) is 43.7 Å². The molecule has 1 heterocycles. The van der Waals surface area contributed by atoms with Crippen LogP contribution in [0.2, 0.25) is 5.02 Å². The first-order chi connectivity index (χ1) is 14.0. The van der Waals surface area contributed by atoms with Gasteiger partial charge in [0.1, 0.15) is 18.5 Å². The first-order valence-corrected chi connectivity index (χ1v) is 10.9. The summed E-state index contributed by atoms with van der Waals surface area (Å²) in [7, 11) is 0. The largest absolute Gasteiger partial charge is 0.491 e. The average Bonchev–Trinajstić information content (AvgIpc) is 3.21. The number of ether oxygens (including phenoxy) is 2. The van der Waals surface area contributed by atoms with Crippen molar-refractivity contribution in [2.24, 2.45) is 0 Å². The molecule has 1 aliphatic rings. The van der Waals surface area contributed by atoms with E-state index in [4.69, 9.17) is 21.1 Å². The van der Waals surface area contributed by atoms with Crippen LogP contribution in [-0.4, -0.2) is 48.5 Å². The van der Waals surface area contributed by atoms with Crippen LogP contribution in [-0.2, 0) is 11.3 Å². The molecule has 1 fully saturated rings. The number of aliphatic hydroxyl groups excluding tert-OH is 1. The van der Waals surface area contributed by atoms with Crippen LogP contribution in [0, 0.1) is 0 Å². The summed E-state index contributed by atoms with van der Waals surface area (Å²) in [5.74, 6) is 1.24. The molecule has 1 N–H and O–H groups in total. The highest BCUT2D eigenvalue weighted by Crippen LogP contribution is 2.19. The van der Waals surface area contributed by atoms with Gasteiger partial charge in [0.15, 0.2) is 0 Å². The van der Waals surface area contributed by atoms with Gasteiger partial charge in [-0.15, -0.1) is 0 Å². The lowest BCUT2D eigenvalue weighted by Crippen LogP contribution is -2.39. The SMILES string of the molecule is CC(C)c1ccc(CN(CC(O)COc2ccc(Cl)cc2)CC2CCCO2)cc1. The van der Waals surface area contributed by atoms with Crippen molar-refractivity contribution in [3.05, 3.63) is 64.7 Å². The molecule has 0 amide bonds. The third-order valence-electron chi connectivity index (χ3n) is 5.26. The lowest BCUT2D eigenvalue weighted by Gasteiger charge is -2.27. The van der Waals surface area contributed by atoms with Crippen molar-refractivity contribution < 1.29 is 14.6 Å². The summed E-state index contributed by atoms with van der Waals surface area (Å²) in [5.41, 5.74) is 2.59.